The number of nitrogens with zero attached hydrogens (tertiary/aromatic N) is 1. The van der Waals surface area contributed by atoms with Crippen LogP contribution in [0.1, 0.15) is 32.3 Å². The Balaban J connectivity index is 2.21. The Morgan fingerprint density at radius 2 is 2.17 bits per heavy atom. The van der Waals surface area contributed by atoms with Crippen molar-refractivity contribution in [2.75, 3.05) is 11.4 Å². The van der Waals surface area contributed by atoms with Gasteiger partial charge in [-0.15, -0.1) is 6.42 Å². The first-order valence-corrected chi connectivity index (χ1v) is 7.84. The second-order valence-corrected chi connectivity index (χ2v) is 5.78. The number of likely N-dealkylation sites (N-methyl/N-ethyl adjacent to an activating group) is 1. The summed E-state index contributed by atoms with van der Waals surface area (Å²) in [4.78, 5) is 26.3. The van der Waals surface area contributed by atoms with Gasteiger partial charge >= 0.3 is 0 Å². The van der Waals surface area contributed by atoms with Gasteiger partial charge in [-0.2, -0.15) is 0 Å². The van der Waals surface area contributed by atoms with Gasteiger partial charge in [0.25, 0.3) is 5.91 Å². The molecule has 2 N–H and O–H groups in total. The molecule has 5 nitrogen and oxygen atoms in total. The van der Waals surface area contributed by atoms with Gasteiger partial charge < -0.3 is 15.3 Å². The number of rotatable bonds is 6. The lowest BCUT2D eigenvalue weighted by atomic mass is 10.1. The molecule has 0 spiro atoms. The Hall–Kier alpha value is -2.32. The number of hydrogen-bond donors (Lipinski definition) is 2. The molecule has 1 fully saturated rings. The van der Waals surface area contributed by atoms with Crippen LogP contribution >= 0.6 is 0 Å². The van der Waals surface area contributed by atoms with E-state index in [0.717, 1.165) is 12.8 Å². The van der Waals surface area contributed by atoms with E-state index in [0.29, 0.717) is 17.8 Å². The van der Waals surface area contributed by atoms with Crippen LogP contribution in [0.5, 0.6) is 0 Å². The fourth-order valence-corrected chi connectivity index (χ4v) is 2.40. The normalized spacial score (nSPS) is 16.1. The summed E-state index contributed by atoms with van der Waals surface area (Å²) in [7, 11) is 0. The first kappa shape index (κ1) is 17.0. The number of nitrogens with one attached hydrogen (secondary N) is 1. The van der Waals surface area contributed by atoms with Crippen LogP contribution in [0, 0.1) is 18.3 Å². The van der Waals surface area contributed by atoms with Gasteiger partial charge in [-0.1, -0.05) is 12.0 Å². The lowest BCUT2D eigenvalue weighted by Gasteiger charge is -2.28. The third kappa shape index (κ3) is 4.11. The molecule has 0 radical (unpaired) electrons. The van der Waals surface area contributed by atoms with Gasteiger partial charge in [-0.25, -0.2) is 0 Å². The second-order valence-electron chi connectivity index (χ2n) is 5.78. The average molecular weight is 314 g/mol. The second kappa shape index (κ2) is 7.30. The first-order valence-electron chi connectivity index (χ1n) is 7.84. The Bertz CT molecular complexity index is 629. The number of hydrogen-bond acceptors (Lipinski definition) is 3. The SMILES string of the molecule is C#Cc1cccc(N(CC)C(=O)C(NC(=O)C2CC2)C(C)O)c1. The van der Waals surface area contributed by atoms with Crippen molar-refractivity contribution in [2.24, 2.45) is 5.92 Å². The maximum absolute atomic E-state index is 12.8. The summed E-state index contributed by atoms with van der Waals surface area (Å²) in [5.41, 5.74) is 1.32. The standard InChI is InChI=1S/C18H22N2O3/c1-4-13-7-6-8-15(11-13)20(5-2)18(23)16(12(3)21)19-17(22)14-9-10-14/h1,6-8,11-12,14,16,21H,5,9-10H2,2-3H3,(H,19,22). The molecule has 0 bridgehead atoms. The summed E-state index contributed by atoms with van der Waals surface area (Å²) >= 11 is 0. The van der Waals surface area contributed by atoms with Gasteiger partial charge in [0.2, 0.25) is 5.91 Å². The van der Waals surface area contributed by atoms with E-state index in [4.69, 9.17) is 6.42 Å². The van der Waals surface area contributed by atoms with Crippen molar-refractivity contribution < 1.29 is 14.7 Å². The fraction of sp³-hybridized carbons (Fsp3) is 0.444. The minimum absolute atomic E-state index is 0.0242. The molecule has 1 aromatic carbocycles. The van der Waals surface area contributed by atoms with Crippen LogP contribution < -0.4 is 10.2 Å². The number of carbonyl (C=O) groups excluding carboxylic acids is 2. The number of benzene rings is 1. The summed E-state index contributed by atoms with van der Waals surface area (Å²) in [6, 6.07) is 6.12. The Morgan fingerprint density at radius 1 is 1.48 bits per heavy atom. The molecule has 5 heteroatoms. The van der Waals surface area contributed by atoms with E-state index in [1.165, 1.54) is 11.8 Å². The molecule has 0 aromatic heterocycles. The highest BCUT2D eigenvalue weighted by atomic mass is 16.3. The molecule has 0 aliphatic heterocycles. The summed E-state index contributed by atoms with van der Waals surface area (Å²) in [6.07, 6.45) is 6.11. The monoisotopic (exact) mass is 314 g/mol. The highest BCUT2D eigenvalue weighted by Gasteiger charge is 2.35. The van der Waals surface area contributed by atoms with Crippen molar-refractivity contribution in [2.45, 2.75) is 38.8 Å². The third-order valence-electron chi connectivity index (χ3n) is 3.90. The largest absolute Gasteiger partial charge is 0.391 e. The third-order valence-corrected chi connectivity index (χ3v) is 3.90. The molecule has 122 valence electrons. The van der Waals surface area contributed by atoms with Gasteiger partial charge in [-0.3, -0.25) is 9.59 Å². The number of terminal acetylenes is 1. The zero-order chi connectivity index (χ0) is 17.0. The molecule has 0 saturated heterocycles. The van der Waals surface area contributed by atoms with Crippen LogP contribution in [0.15, 0.2) is 24.3 Å². The van der Waals surface area contributed by atoms with Crippen LogP contribution in [0.3, 0.4) is 0 Å². The Kier molecular flexibility index (Phi) is 5.41. The van der Waals surface area contributed by atoms with Crippen LogP contribution in [-0.4, -0.2) is 35.6 Å². The van der Waals surface area contributed by atoms with E-state index >= 15 is 0 Å². The fourth-order valence-electron chi connectivity index (χ4n) is 2.40. The molecule has 0 heterocycles. The minimum atomic E-state index is -0.977. The average Bonchev–Trinajstić information content (AvgIpc) is 3.37. The summed E-state index contributed by atoms with van der Waals surface area (Å²) in [6.45, 7) is 3.75. The van der Waals surface area contributed by atoms with Gasteiger partial charge in [0, 0.05) is 23.7 Å². The molecule has 2 amide bonds. The molecule has 2 unspecified atom stereocenters. The number of amides is 2. The zero-order valence-electron chi connectivity index (χ0n) is 13.5. The van der Waals surface area contributed by atoms with E-state index < -0.39 is 12.1 Å². The number of aliphatic hydroxyl groups is 1. The van der Waals surface area contributed by atoms with Crippen molar-refractivity contribution in [3.05, 3.63) is 29.8 Å². The lowest BCUT2D eigenvalue weighted by Crippen LogP contribution is -2.54. The molecule has 1 aliphatic carbocycles. The molecular formula is C18H22N2O3. The van der Waals surface area contributed by atoms with Gasteiger partial charge in [0.1, 0.15) is 6.04 Å². The molecule has 1 saturated carbocycles. The molecule has 2 atom stereocenters. The molecule has 2 rings (SSSR count). The molecule has 1 aromatic rings. The van der Waals surface area contributed by atoms with Crippen molar-refractivity contribution in [1.82, 2.24) is 5.32 Å². The van der Waals surface area contributed by atoms with Gasteiger partial charge in [0.15, 0.2) is 0 Å². The number of carbonyl (C=O) groups is 2. The molecule has 23 heavy (non-hydrogen) atoms. The lowest BCUT2D eigenvalue weighted by molar-refractivity contribution is -0.130. The highest BCUT2D eigenvalue weighted by Crippen LogP contribution is 2.29. The smallest absolute Gasteiger partial charge is 0.252 e. The Labute approximate surface area is 136 Å². The first-order chi connectivity index (χ1) is 11.0. The quantitative estimate of drug-likeness (QED) is 0.778. The highest BCUT2D eigenvalue weighted by molar-refractivity contribution is 6.00. The van der Waals surface area contributed by atoms with Crippen molar-refractivity contribution in [1.29, 1.82) is 0 Å². The molecular weight excluding hydrogens is 292 g/mol. The van der Waals surface area contributed by atoms with E-state index in [2.05, 4.69) is 11.2 Å². The van der Waals surface area contributed by atoms with Crippen LogP contribution in [0.2, 0.25) is 0 Å². The summed E-state index contributed by atoms with van der Waals surface area (Å²) in [5, 5.41) is 12.6. The summed E-state index contributed by atoms with van der Waals surface area (Å²) < 4.78 is 0. The van der Waals surface area contributed by atoms with Crippen molar-refractivity contribution in [3.8, 4) is 12.3 Å². The zero-order valence-corrected chi connectivity index (χ0v) is 13.5. The number of anilines is 1. The maximum atomic E-state index is 12.8. The van der Waals surface area contributed by atoms with Crippen molar-refractivity contribution in [3.63, 3.8) is 0 Å². The number of aliphatic hydroxyl groups excluding tert-OH is 1. The van der Waals surface area contributed by atoms with Crippen LogP contribution in [0.4, 0.5) is 5.69 Å². The van der Waals surface area contributed by atoms with E-state index in [9.17, 15) is 14.7 Å². The Morgan fingerprint density at radius 3 is 2.70 bits per heavy atom. The summed E-state index contributed by atoms with van der Waals surface area (Å²) in [5.74, 6) is 2.00. The topological polar surface area (TPSA) is 69.6 Å². The van der Waals surface area contributed by atoms with Crippen LogP contribution in [-0.2, 0) is 9.59 Å². The van der Waals surface area contributed by atoms with Crippen LogP contribution in [0.25, 0.3) is 0 Å². The molecule has 1 aliphatic rings. The maximum Gasteiger partial charge on any atom is 0.252 e. The predicted molar refractivity (Wildman–Crippen MR) is 88.7 cm³/mol. The van der Waals surface area contributed by atoms with Gasteiger partial charge in [0.05, 0.1) is 6.10 Å². The van der Waals surface area contributed by atoms with E-state index in [1.807, 2.05) is 6.92 Å². The van der Waals surface area contributed by atoms with Gasteiger partial charge in [-0.05, 0) is 44.9 Å². The predicted octanol–water partition coefficient (Wildman–Crippen LogP) is 1.30. The van der Waals surface area contributed by atoms with E-state index in [1.54, 1.807) is 24.3 Å². The minimum Gasteiger partial charge on any atom is -0.391 e. The van der Waals surface area contributed by atoms with Crippen molar-refractivity contribution >= 4 is 17.5 Å². The van der Waals surface area contributed by atoms with E-state index in [-0.39, 0.29) is 17.7 Å².